The zero-order valence-corrected chi connectivity index (χ0v) is 14.9. The molecule has 7 nitrogen and oxygen atoms in total. The smallest absolute Gasteiger partial charge is 0.326 e. The van der Waals surface area contributed by atoms with Crippen LogP contribution in [0.15, 0.2) is 36.7 Å². The van der Waals surface area contributed by atoms with Crippen LogP contribution in [0, 0.1) is 0 Å². The van der Waals surface area contributed by atoms with Crippen LogP contribution in [0.1, 0.15) is 22.3 Å². The van der Waals surface area contributed by atoms with Gasteiger partial charge in [-0.2, -0.15) is 0 Å². The molecule has 4 rings (SSSR count). The van der Waals surface area contributed by atoms with Crippen molar-refractivity contribution in [2.45, 2.75) is 25.0 Å². The first kappa shape index (κ1) is 17.5. The van der Waals surface area contributed by atoms with Crippen molar-refractivity contribution in [3.8, 4) is 16.9 Å². The Morgan fingerprint density at radius 2 is 2.11 bits per heavy atom. The lowest BCUT2D eigenvalue weighted by atomic mass is 10.0. The van der Waals surface area contributed by atoms with Gasteiger partial charge in [-0.1, -0.05) is 6.07 Å². The van der Waals surface area contributed by atoms with E-state index in [1.54, 1.807) is 12.3 Å². The number of hydrogen-bond donors (Lipinski definition) is 1. The number of nitrogens with zero attached hydrogens (tertiary/aromatic N) is 2. The number of aromatic nitrogens is 1. The molecule has 1 amide bonds. The molecule has 7 heteroatoms. The molecule has 27 heavy (non-hydrogen) atoms. The van der Waals surface area contributed by atoms with Crippen LogP contribution in [0.4, 0.5) is 0 Å². The van der Waals surface area contributed by atoms with Gasteiger partial charge in [0.05, 0.1) is 18.3 Å². The Morgan fingerprint density at radius 1 is 1.26 bits per heavy atom. The fourth-order valence-electron chi connectivity index (χ4n) is 3.67. The maximum Gasteiger partial charge on any atom is 0.326 e. The van der Waals surface area contributed by atoms with Crippen molar-refractivity contribution >= 4 is 11.9 Å². The van der Waals surface area contributed by atoms with Gasteiger partial charge in [-0.25, -0.2) is 4.79 Å². The van der Waals surface area contributed by atoms with E-state index in [9.17, 15) is 14.7 Å². The summed E-state index contributed by atoms with van der Waals surface area (Å²) in [6.45, 7) is 0.939. The molecular weight excluding hydrogens is 348 g/mol. The highest BCUT2D eigenvalue weighted by Crippen LogP contribution is 2.31. The number of hydrogen-bond acceptors (Lipinski definition) is 5. The minimum atomic E-state index is -1.02. The summed E-state index contributed by atoms with van der Waals surface area (Å²) in [6.07, 6.45) is 4.05. The predicted octanol–water partition coefficient (Wildman–Crippen LogP) is 2.00. The van der Waals surface area contributed by atoms with Crippen molar-refractivity contribution < 1.29 is 24.2 Å². The van der Waals surface area contributed by atoms with E-state index >= 15 is 0 Å². The van der Waals surface area contributed by atoms with E-state index in [0.717, 1.165) is 28.9 Å². The number of likely N-dealkylation sites (tertiary alicyclic amines) is 1. The second-order valence-electron chi connectivity index (χ2n) is 6.79. The molecule has 2 unspecified atom stereocenters. The predicted molar refractivity (Wildman–Crippen MR) is 96.7 cm³/mol. The number of carbonyl (C=O) groups excluding carboxylic acids is 1. The van der Waals surface area contributed by atoms with Gasteiger partial charge in [-0.15, -0.1) is 0 Å². The zero-order valence-electron chi connectivity index (χ0n) is 14.9. The third-order valence-electron chi connectivity index (χ3n) is 5.15. The Morgan fingerprint density at radius 3 is 2.89 bits per heavy atom. The van der Waals surface area contributed by atoms with E-state index in [1.165, 1.54) is 18.2 Å². The van der Waals surface area contributed by atoms with Gasteiger partial charge in [0.15, 0.2) is 0 Å². The van der Waals surface area contributed by atoms with Crippen LogP contribution in [0.25, 0.3) is 11.1 Å². The first-order chi connectivity index (χ1) is 13.1. The lowest BCUT2D eigenvalue weighted by Crippen LogP contribution is -2.40. The average Bonchev–Trinajstić information content (AvgIpc) is 3.33. The number of rotatable bonds is 4. The van der Waals surface area contributed by atoms with Gasteiger partial charge in [0, 0.05) is 44.5 Å². The topological polar surface area (TPSA) is 89.0 Å². The van der Waals surface area contributed by atoms with E-state index in [4.69, 9.17) is 9.47 Å². The molecule has 0 saturated carbocycles. The molecule has 1 fully saturated rings. The number of methoxy groups -OCH3 is 1. The van der Waals surface area contributed by atoms with Crippen molar-refractivity contribution in [2.24, 2.45) is 0 Å². The number of benzene rings is 1. The quantitative estimate of drug-likeness (QED) is 0.888. The molecule has 0 bridgehead atoms. The summed E-state index contributed by atoms with van der Waals surface area (Å²) >= 11 is 0. The highest BCUT2D eigenvalue weighted by atomic mass is 16.5. The largest absolute Gasteiger partial charge is 0.493 e. The third kappa shape index (κ3) is 3.26. The monoisotopic (exact) mass is 368 g/mol. The van der Waals surface area contributed by atoms with Crippen molar-refractivity contribution in [2.75, 3.05) is 20.3 Å². The number of pyridine rings is 1. The standard InChI is InChI=1S/C20H20N2O5/c1-26-16-8-17(20(24)25)22(11-16)19(23)15-7-14(9-21-10-15)12-2-3-18-13(6-12)4-5-27-18/h2-3,6-7,9-10,16-17H,4-5,8,11H2,1H3,(H,24,25). The third-order valence-corrected chi connectivity index (χ3v) is 5.15. The summed E-state index contributed by atoms with van der Waals surface area (Å²) in [5.41, 5.74) is 3.27. The van der Waals surface area contributed by atoms with E-state index in [0.29, 0.717) is 12.2 Å². The van der Waals surface area contributed by atoms with Crippen molar-refractivity contribution in [1.29, 1.82) is 0 Å². The maximum absolute atomic E-state index is 12.9. The van der Waals surface area contributed by atoms with Gasteiger partial charge in [0.2, 0.25) is 0 Å². The summed E-state index contributed by atoms with van der Waals surface area (Å²) in [4.78, 5) is 30.0. The van der Waals surface area contributed by atoms with Gasteiger partial charge >= 0.3 is 5.97 Å². The van der Waals surface area contributed by atoms with Gasteiger partial charge in [-0.05, 0) is 29.3 Å². The Kier molecular flexibility index (Phi) is 4.53. The lowest BCUT2D eigenvalue weighted by Gasteiger charge is -2.21. The molecule has 2 atom stereocenters. The summed E-state index contributed by atoms with van der Waals surface area (Å²) in [5.74, 6) is -0.475. The SMILES string of the molecule is COC1CC(C(=O)O)N(C(=O)c2cncc(-c3ccc4c(c3)CCO4)c2)C1. The van der Waals surface area contributed by atoms with E-state index in [1.807, 2.05) is 18.2 Å². The molecule has 1 N–H and O–H groups in total. The normalized spacial score (nSPS) is 21.0. The highest BCUT2D eigenvalue weighted by molar-refractivity contribution is 5.97. The fourth-order valence-corrected chi connectivity index (χ4v) is 3.67. The minimum Gasteiger partial charge on any atom is -0.493 e. The van der Waals surface area contributed by atoms with Crippen LogP contribution < -0.4 is 4.74 Å². The van der Waals surface area contributed by atoms with E-state index < -0.39 is 12.0 Å². The van der Waals surface area contributed by atoms with Crippen molar-refractivity contribution in [3.63, 3.8) is 0 Å². The maximum atomic E-state index is 12.9. The lowest BCUT2D eigenvalue weighted by molar-refractivity contribution is -0.141. The van der Waals surface area contributed by atoms with Crippen LogP contribution in [0.2, 0.25) is 0 Å². The highest BCUT2D eigenvalue weighted by Gasteiger charge is 2.40. The molecule has 140 valence electrons. The van der Waals surface area contributed by atoms with Crippen LogP contribution in [-0.2, 0) is 16.0 Å². The molecule has 2 aromatic rings. The summed E-state index contributed by atoms with van der Waals surface area (Å²) < 4.78 is 10.8. The minimum absolute atomic E-state index is 0.257. The van der Waals surface area contributed by atoms with Gasteiger partial charge in [0.25, 0.3) is 5.91 Å². The van der Waals surface area contributed by atoms with Crippen molar-refractivity contribution in [1.82, 2.24) is 9.88 Å². The molecule has 2 aliphatic heterocycles. The van der Waals surface area contributed by atoms with E-state index in [2.05, 4.69) is 4.98 Å². The Balaban J connectivity index is 1.62. The molecule has 0 radical (unpaired) electrons. The molecular formula is C20H20N2O5. The Bertz CT molecular complexity index is 898. The molecule has 2 aliphatic rings. The number of carboxylic acid groups (broad SMARTS) is 1. The second-order valence-corrected chi connectivity index (χ2v) is 6.79. The van der Waals surface area contributed by atoms with Crippen LogP contribution in [0.3, 0.4) is 0 Å². The van der Waals surface area contributed by atoms with Crippen molar-refractivity contribution in [3.05, 3.63) is 47.8 Å². The second kappa shape index (κ2) is 7.00. The molecule has 1 aromatic heterocycles. The van der Waals surface area contributed by atoms with Gasteiger partial charge in [0.1, 0.15) is 11.8 Å². The Hall–Kier alpha value is -2.93. The number of carboxylic acids is 1. The molecule has 0 aliphatic carbocycles. The molecule has 0 spiro atoms. The summed E-state index contributed by atoms with van der Waals surface area (Å²) in [7, 11) is 1.53. The van der Waals surface area contributed by atoms with Crippen LogP contribution >= 0.6 is 0 Å². The first-order valence-corrected chi connectivity index (χ1v) is 8.84. The summed E-state index contributed by atoms with van der Waals surface area (Å²) in [6, 6.07) is 6.78. The summed E-state index contributed by atoms with van der Waals surface area (Å²) in [5, 5.41) is 9.44. The number of amides is 1. The fraction of sp³-hybridized carbons (Fsp3) is 0.350. The molecule has 3 heterocycles. The number of ether oxygens (including phenoxy) is 2. The van der Waals surface area contributed by atoms with Gasteiger partial charge < -0.3 is 19.5 Å². The number of aliphatic carboxylic acids is 1. The number of fused-ring (bicyclic) bond motifs is 1. The molecule has 1 saturated heterocycles. The average molecular weight is 368 g/mol. The Labute approximate surface area is 156 Å². The van der Waals surface area contributed by atoms with Gasteiger partial charge in [-0.3, -0.25) is 9.78 Å². The first-order valence-electron chi connectivity index (χ1n) is 8.84. The molecule has 1 aromatic carbocycles. The van der Waals surface area contributed by atoms with Crippen LogP contribution in [0.5, 0.6) is 5.75 Å². The number of carbonyl (C=O) groups is 2. The zero-order chi connectivity index (χ0) is 19.0. The van der Waals surface area contributed by atoms with E-state index in [-0.39, 0.29) is 25.0 Å². The van der Waals surface area contributed by atoms with Crippen LogP contribution in [-0.4, -0.2) is 59.3 Å².